The van der Waals surface area contributed by atoms with Crippen LogP contribution in [0.2, 0.25) is 0 Å². The molecule has 0 aromatic rings. The first-order valence-electron chi connectivity index (χ1n) is 3.72. The van der Waals surface area contributed by atoms with Gasteiger partial charge >= 0.3 is 0 Å². The number of terminal acetylenes is 1. The molecule has 0 aromatic carbocycles. The first-order chi connectivity index (χ1) is 5.52. The molecule has 0 spiro atoms. The van der Waals surface area contributed by atoms with Crippen LogP contribution < -0.4 is 5.73 Å². The minimum Gasteiger partial charge on any atom is -0.325 e. The molecule has 12 heavy (non-hydrogen) atoms. The van der Waals surface area contributed by atoms with E-state index in [0.29, 0.717) is 13.0 Å². The van der Waals surface area contributed by atoms with Crippen molar-refractivity contribution in [3.8, 4) is 12.3 Å². The second-order valence-corrected chi connectivity index (χ2v) is 2.75. The van der Waals surface area contributed by atoms with Gasteiger partial charge in [0.1, 0.15) is 0 Å². The molecular formula is C8H14F2N2. The normalized spacial score (nSPS) is 11.7. The minimum absolute atomic E-state index is 0.328. The van der Waals surface area contributed by atoms with Crippen LogP contribution in [-0.2, 0) is 0 Å². The van der Waals surface area contributed by atoms with Crippen LogP contribution in [0, 0.1) is 12.3 Å². The molecule has 0 aliphatic heterocycles. The summed E-state index contributed by atoms with van der Waals surface area (Å²) in [4.78, 5) is 1.48. The number of nitrogens with zero attached hydrogens (tertiary/aromatic N) is 1. The van der Waals surface area contributed by atoms with Gasteiger partial charge in [-0.15, -0.1) is 12.3 Å². The summed E-state index contributed by atoms with van der Waals surface area (Å²) in [5, 5.41) is 0. The molecule has 0 atom stereocenters. The van der Waals surface area contributed by atoms with Crippen molar-refractivity contribution in [2.45, 2.75) is 12.3 Å². The summed E-state index contributed by atoms with van der Waals surface area (Å²) in [6, 6.07) is 0. The molecule has 0 fully saturated rings. The van der Waals surface area contributed by atoms with Gasteiger partial charge in [0, 0.05) is 13.0 Å². The Morgan fingerprint density at radius 2 is 2.17 bits per heavy atom. The lowest BCUT2D eigenvalue weighted by atomic mass is 10.3. The largest absolute Gasteiger partial charge is 0.325 e. The third-order valence-corrected chi connectivity index (χ3v) is 1.44. The first kappa shape index (κ1) is 11.3. The van der Waals surface area contributed by atoms with Crippen LogP contribution in [-0.4, -0.2) is 37.5 Å². The highest BCUT2D eigenvalue weighted by Crippen LogP contribution is 2.11. The summed E-state index contributed by atoms with van der Waals surface area (Å²) in [6.07, 6.45) is 5.47. The Balaban J connectivity index is 3.69. The van der Waals surface area contributed by atoms with E-state index in [2.05, 4.69) is 5.92 Å². The molecule has 0 rings (SSSR count). The monoisotopic (exact) mass is 176 g/mol. The number of halogens is 2. The van der Waals surface area contributed by atoms with Gasteiger partial charge in [0.15, 0.2) is 0 Å². The molecule has 0 saturated carbocycles. The Bertz CT molecular complexity index is 163. The maximum absolute atomic E-state index is 12.6. The Morgan fingerprint density at radius 1 is 1.58 bits per heavy atom. The molecule has 0 aromatic heterocycles. The van der Waals surface area contributed by atoms with Gasteiger partial charge in [-0.2, -0.15) is 0 Å². The van der Waals surface area contributed by atoms with E-state index in [-0.39, 0.29) is 6.54 Å². The van der Waals surface area contributed by atoms with Crippen molar-refractivity contribution < 1.29 is 8.78 Å². The van der Waals surface area contributed by atoms with Crippen molar-refractivity contribution in [1.82, 2.24) is 4.90 Å². The van der Waals surface area contributed by atoms with E-state index in [0.717, 1.165) is 0 Å². The molecule has 2 N–H and O–H groups in total. The highest BCUT2D eigenvalue weighted by Gasteiger charge is 2.27. The topological polar surface area (TPSA) is 29.3 Å². The van der Waals surface area contributed by atoms with Gasteiger partial charge in [-0.3, -0.25) is 4.90 Å². The van der Waals surface area contributed by atoms with Crippen LogP contribution in [0.25, 0.3) is 0 Å². The fourth-order valence-corrected chi connectivity index (χ4v) is 0.794. The summed E-state index contributed by atoms with van der Waals surface area (Å²) in [5.41, 5.74) is 4.87. The Morgan fingerprint density at radius 3 is 2.58 bits per heavy atom. The van der Waals surface area contributed by atoms with Crippen molar-refractivity contribution in [2.24, 2.45) is 5.73 Å². The smallest absolute Gasteiger partial charge is 0.272 e. The first-order valence-corrected chi connectivity index (χ1v) is 3.72. The lowest BCUT2D eigenvalue weighted by Crippen LogP contribution is -2.40. The predicted molar refractivity (Wildman–Crippen MR) is 44.9 cm³/mol. The van der Waals surface area contributed by atoms with Gasteiger partial charge in [-0.1, -0.05) is 0 Å². The Kier molecular flexibility index (Phi) is 4.79. The molecule has 0 saturated heterocycles. The van der Waals surface area contributed by atoms with Crippen molar-refractivity contribution >= 4 is 0 Å². The summed E-state index contributed by atoms with van der Waals surface area (Å²) in [7, 11) is 1.60. The van der Waals surface area contributed by atoms with Crippen molar-refractivity contribution in [3.05, 3.63) is 0 Å². The van der Waals surface area contributed by atoms with E-state index in [9.17, 15) is 8.78 Å². The molecule has 4 heteroatoms. The van der Waals surface area contributed by atoms with Gasteiger partial charge < -0.3 is 5.73 Å². The van der Waals surface area contributed by atoms with Crippen molar-refractivity contribution in [3.63, 3.8) is 0 Å². The number of nitrogens with two attached hydrogens (primary N) is 1. The van der Waals surface area contributed by atoms with E-state index in [1.165, 1.54) is 4.90 Å². The van der Waals surface area contributed by atoms with Crippen molar-refractivity contribution in [1.29, 1.82) is 0 Å². The van der Waals surface area contributed by atoms with Gasteiger partial charge in [-0.05, 0) is 7.05 Å². The molecule has 0 unspecified atom stereocenters. The highest BCUT2D eigenvalue weighted by molar-refractivity contribution is 4.85. The zero-order valence-electron chi connectivity index (χ0n) is 7.19. The van der Waals surface area contributed by atoms with Crippen molar-refractivity contribution in [2.75, 3.05) is 26.7 Å². The molecule has 0 heterocycles. The minimum atomic E-state index is -2.80. The zero-order valence-corrected chi connectivity index (χ0v) is 7.19. The third-order valence-electron chi connectivity index (χ3n) is 1.44. The Hall–Kier alpha value is -0.660. The van der Waals surface area contributed by atoms with Gasteiger partial charge in [0.2, 0.25) is 0 Å². The highest BCUT2D eigenvalue weighted by atomic mass is 19.3. The van der Waals surface area contributed by atoms with Gasteiger partial charge in [0.25, 0.3) is 5.92 Å². The number of hydrogen-bond acceptors (Lipinski definition) is 2. The summed E-state index contributed by atoms with van der Waals surface area (Å²) in [5.74, 6) is -0.418. The molecule has 0 bridgehead atoms. The second kappa shape index (κ2) is 5.07. The molecule has 70 valence electrons. The summed E-state index contributed by atoms with van der Waals surface area (Å²) >= 11 is 0. The number of alkyl halides is 2. The molecule has 0 amide bonds. The fraction of sp³-hybridized carbons (Fsp3) is 0.750. The van der Waals surface area contributed by atoms with E-state index in [4.69, 9.17) is 12.2 Å². The maximum Gasteiger partial charge on any atom is 0.272 e. The quantitative estimate of drug-likeness (QED) is 0.619. The van der Waals surface area contributed by atoms with E-state index < -0.39 is 12.5 Å². The van der Waals surface area contributed by atoms with Crippen LogP contribution in [0.3, 0.4) is 0 Å². The number of hydrogen-bond donors (Lipinski definition) is 1. The fourth-order valence-electron chi connectivity index (χ4n) is 0.794. The van der Waals surface area contributed by atoms with Gasteiger partial charge in [0.05, 0.1) is 13.1 Å². The van der Waals surface area contributed by atoms with Gasteiger partial charge in [-0.25, -0.2) is 8.78 Å². The summed E-state index contributed by atoms with van der Waals surface area (Å²) < 4.78 is 25.2. The van der Waals surface area contributed by atoms with Crippen LogP contribution in [0.15, 0.2) is 0 Å². The lowest BCUT2D eigenvalue weighted by molar-refractivity contribution is -0.0169. The number of rotatable bonds is 5. The molecule has 2 nitrogen and oxygen atoms in total. The molecule has 0 aliphatic rings. The second-order valence-electron chi connectivity index (χ2n) is 2.75. The van der Waals surface area contributed by atoms with Crippen LogP contribution in [0.4, 0.5) is 8.78 Å². The van der Waals surface area contributed by atoms with E-state index in [1.54, 1.807) is 7.05 Å². The van der Waals surface area contributed by atoms with Crippen LogP contribution in [0.5, 0.6) is 0 Å². The lowest BCUT2D eigenvalue weighted by Gasteiger charge is -2.21. The van der Waals surface area contributed by atoms with E-state index in [1.807, 2.05) is 0 Å². The summed E-state index contributed by atoms with van der Waals surface area (Å²) in [6.45, 7) is -0.468. The molecule has 0 aliphatic carbocycles. The van der Waals surface area contributed by atoms with Crippen LogP contribution >= 0.6 is 0 Å². The third kappa shape index (κ3) is 5.05. The Labute approximate surface area is 71.7 Å². The zero-order chi connectivity index (χ0) is 9.61. The molecular weight excluding hydrogens is 162 g/mol. The van der Waals surface area contributed by atoms with E-state index >= 15 is 0 Å². The average Bonchev–Trinajstić information content (AvgIpc) is 2.00. The predicted octanol–water partition coefficient (Wildman–Crippen LogP) is 0.536. The molecule has 0 radical (unpaired) electrons. The maximum atomic E-state index is 12.6. The standard InChI is InChI=1S/C8H14F2N2/c1-3-4-5-12(2)7-8(9,10)6-11/h1H,4-7,11H2,2H3. The SMILES string of the molecule is C#CCCN(C)CC(F)(F)CN. The average molecular weight is 176 g/mol. The van der Waals surface area contributed by atoms with Crippen LogP contribution in [0.1, 0.15) is 6.42 Å².